The van der Waals surface area contributed by atoms with E-state index in [4.69, 9.17) is 26.8 Å². The Bertz CT molecular complexity index is 1690. The summed E-state index contributed by atoms with van der Waals surface area (Å²) in [5.74, 6) is -0.484. The van der Waals surface area contributed by atoms with Crippen LogP contribution < -0.4 is 11.1 Å². The van der Waals surface area contributed by atoms with Crippen LogP contribution in [0.25, 0.3) is 0 Å². The van der Waals surface area contributed by atoms with Crippen molar-refractivity contribution in [2.24, 2.45) is 0 Å². The fourth-order valence-corrected chi connectivity index (χ4v) is 8.63. The van der Waals surface area contributed by atoms with Gasteiger partial charge in [0.25, 0.3) is 5.91 Å². The van der Waals surface area contributed by atoms with Gasteiger partial charge in [0.15, 0.2) is 6.10 Å². The first kappa shape index (κ1) is 38.0. The molecule has 0 radical (unpaired) electrons. The van der Waals surface area contributed by atoms with Crippen LogP contribution >= 0.6 is 11.6 Å². The molecule has 6 rings (SSSR count). The Hall–Kier alpha value is -3.75. The van der Waals surface area contributed by atoms with Gasteiger partial charge in [0, 0.05) is 81.2 Å². The quantitative estimate of drug-likeness (QED) is 0.340. The second kappa shape index (κ2) is 13.9. The minimum absolute atomic E-state index is 0.0450. The van der Waals surface area contributed by atoms with Crippen LogP contribution in [0.3, 0.4) is 0 Å². The van der Waals surface area contributed by atoms with E-state index in [9.17, 15) is 27.6 Å². The van der Waals surface area contributed by atoms with Crippen molar-refractivity contribution in [3.05, 3.63) is 58.1 Å². The average molecular weight is 749 g/mol. The molecule has 0 unspecified atom stereocenters. The van der Waals surface area contributed by atoms with Crippen LogP contribution in [0, 0.1) is 0 Å². The minimum atomic E-state index is -4.78. The molecular formula is C37H48ClF3N6O5. The summed E-state index contributed by atoms with van der Waals surface area (Å²) in [6, 6.07) is 9.70. The van der Waals surface area contributed by atoms with Crippen LogP contribution in [0.4, 0.5) is 34.1 Å². The Morgan fingerprint density at radius 1 is 1.02 bits per heavy atom. The smallest absolute Gasteiger partial charge is 0.418 e. The third kappa shape index (κ3) is 7.52. The van der Waals surface area contributed by atoms with E-state index in [0.717, 1.165) is 24.7 Å². The number of fused-ring (bicyclic) bond motifs is 2. The highest BCUT2D eigenvalue weighted by molar-refractivity contribution is 6.33. The zero-order chi connectivity index (χ0) is 37.8. The summed E-state index contributed by atoms with van der Waals surface area (Å²) in [6.07, 6.45) is -5.89. The maximum absolute atomic E-state index is 14.2. The summed E-state index contributed by atoms with van der Waals surface area (Å²) in [5, 5.41) is 2.40. The lowest BCUT2D eigenvalue weighted by molar-refractivity contribution is -0.143. The Morgan fingerprint density at radius 2 is 1.63 bits per heavy atom. The number of carbonyl (C=O) groups excluding carboxylic acids is 3. The number of nitrogens with zero attached hydrogens (tertiary/aromatic N) is 4. The van der Waals surface area contributed by atoms with Gasteiger partial charge in [0.2, 0.25) is 0 Å². The van der Waals surface area contributed by atoms with E-state index in [1.54, 1.807) is 11.0 Å². The predicted octanol–water partition coefficient (Wildman–Crippen LogP) is 6.34. The number of nitrogens with one attached hydrogen (secondary N) is 1. The van der Waals surface area contributed by atoms with Crippen LogP contribution in [-0.4, -0.2) is 107 Å². The van der Waals surface area contributed by atoms with Gasteiger partial charge < -0.3 is 25.0 Å². The number of anilines is 2. The second-order valence-electron chi connectivity index (χ2n) is 15.8. The molecule has 2 aromatic rings. The summed E-state index contributed by atoms with van der Waals surface area (Å²) in [4.78, 5) is 48.2. The Kier molecular flexibility index (Phi) is 10.2. The second-order valence-corrected chi connectivity index (χ2v) is 16.2. The van der Waals surface area contributed by atoms with Crippen molar-refractivity contribution in [3.63, 3.8) is 0 Å². The number of halogens is 4. The summed E-state index contributed by atoms with van der Waals surface area (Å²) >= 11 is 6.14. The van der Waals surface area contributed by atoms with Gasteiger partial charge >= 0.3 is 18.4 Å². The third-order valence-corrected chi connectivity index (χ3v) is 11.8. The number of hydrogen-bond donors (Lipinski definition) is 2. The molecule has 3 amide bonds. The highest BCUT2D eigenvalue weighted by atomic mass is 35.5. The molecule has 3 fully saturated rings. The van der Waals surface area contributed by atoms with Crippen molar-refractivity contribution in [2.75, 3.05) is 57.4 Å². The minimum Gasteiger partial charge on any atom is -0.438 e. The number of alkyl halides is 3. The maximum atomic E-state index is 14.2. The molecule has 11 nitrogen and oxygen atoms in total. The van der Waals surface area contributed by atoms with Gasteiger partial charge in [-0.1, -0.05) is 29.8 Å². The number of hydrogen-bond acceptors (Lipinski definition) is 8. The van der Waals surface area contributed by atoms with Crippen LogP contribution in [0.15, 0.2) is 36.4 Å². The molecular weight excluding hydrogens is 701 g/mol. The molecule has 1 atom stereocenters. The van der Waals surface area contributed by atoms with Crippen molar-refractivity contribution in [1.82, 2.24) is 19.6 Å². The zero-order valence-corrected chi connectivity index (χ0v) is 31.1. The van der Waals surface area contributed by atoms with E-state index in [1.807, 2.05) is 18.2 Å². The van der Waals surface area contributed by atoms with Crippen molar-refractivity contribution in [1.29, 1.82) is 0 Å². The average Bonchev–Trinajstić information content (AvgIpc) is 3.07. The fraction of sp³-hybridized carbons (Fsp3) is 0.595. The van der Waals surface area contributed by atoms with E-state index < -0.39 is 47.2 Å². The van der Waals surface area contributed by atoms with Crippen LogP contribution in [0.5, 0.6) is 0 Å². The lowest BCUT2D eigenvalue weighted by atomic mass is 9.82. The topological polar surface area (TPSA) is 121 Å². The standard InChI is InChI=1S/C37H48ClF3N6O5/c1-34(2)21-47(22-35(3,4)44(34)5)24-10-14-45(15-11-24)31(48)29(20-23-18-26(37(39,40)41)30(42)27(38)19-23)51-33(50)46-16-12-36(13-17-46)25-8-6-7-9-28(25)43-32(49)52-36/h6-9,18-19,24,29H,10-17,20-22,42H2,1-5H3,(H,43,49)/t29-/m1/s1. The number of likely N-dealkylation sites (tertiary alicyclic amines) is 2. The Balaban J connectivity index is 1.18. The van der Waals surface area contributed by atoms with Gasteiger partial charge in [-0.25, -0.2) is 9.59 Å². The number of benzene rings is 2. The molecule has 0 saturated carbocycles. The number of piperazine rings is 1. The number of amides is 3. The highest BCUT2D eigenvalue weighted by Crippen LogP contribution is 2.44. The van der Waals surface area contributed by atoms with Crippen LogP contribution in [0.1, 0.15) is 70.1 Å². The van der Waals surface area contributed by atoms with E-state index in [2.05, 4.69) is 49.9 Å². The SMILES string of the molecule is CN1C(C)(C)CN(C2CCN(C(=O)[C@@H](Cc3cc(Cl)c(N)c(C(F)(F)F)c3)OC(=O)N3CCC4(CC3)OC(=O)Nc3ccccc34)CC2)CC1(C)C. The van der Waals surface area contributed by atoms with Gasteiger partial charge in [-0.05, 0) is 71.3 Å². The molecule has 3 saturated heterocycles. The van der Waals surface area contributed by atoms with Gasteiger partial charge in [-0.2, -0.15) is 13.2 Å². The summed E-state index contributed by atoms with van der Waals surface area (Å²) in [7, 11) is 2.15. The number of carbonyl (C=O) groups is 3. The first-order valence-electron chi connectivity index (χ1n) is 17.8. The maximum Gasteiger partial charge on any atom is 0.418 e. The first-order valence-corrected chi connectivity index (χ1v) is 18.1. The van der Waals surface area contributed by atoms with Gasteiger partial charge in [0.05, 0.1) is 22.0 Å². The third-order valence-electron chi connectivity index (χ3n) is 11.5. The molecule has 4 heterocycles. The molecule has 0 aliphatic carbocycles. The molecule has 4 aliphatic rings. The molecule has 3 N–H and O–H groups in total. The molecule has 0 bridgehead atoms. The first-order chi connectivity index (χ1) is 24.3. The van der Waals surface area contributed by atoms with Crippen LogP contribution in [-0.2, 0) is 32.5 Å². The van der Waals surface area contributed by atoms with Gasteiger partial charge in [0.1, 0.15) is 5.60 Å². The van der Waals surface area contributed by atoms with Crippen molar-refractivity contribution in [3.8, 4) is 0 Å². The number of piperidine rings is 2. The Labute approximate surface area is 307 Å². The summed E-state index contributed by atoms with van der Waals surface area (Å²) in [5.41, 5.74) is 4.43. The molecule has 15 heteroatoms. The number of nitrogens with two attached hydrogens (primary N) is 1. The van der Waals surface area contributed by atoms with Crippen molar-refractivity contribution < 1.29 is 37.0 Å². The van der Waals surface area contributed by atoms with Crippen molar-refractivity contribution in [2.45, 2.75) is 94.8 Å². The summed E-state index contributed by atoms with van der Waals surface area (Å²) < 4.78 is 53.3. The van der Waals surface area contributed by atoms with Gasteiger partial charge in [-0.15, -0.1) is 0 Å². The molecule has 1 spiro atoms. The van der Waals surface area contributed by atoms with Crippen LogP contribution in [0.2, 0.25) is 5.02 Å². The Morgan fingerprint density at radius 3 is 2.25 bits per heavy atom. The molecule has 4 aliphatic heterocycles. The number of likely N-dealkylation sites (N-methyl/N-ethyl adjacent to an activating group) is 1. The van der Waals surface area contributed by atoms with Crippen molar-refractivity contribution >= 4 is 41.1 Å². The van der Waals surface area contributed by atoms with E-state index in [-0.39, 0.29) is 47.2 Å². The lowest BCUT2D eigenvalue weighted by Gasteiger charge is -2.57. The highest BCUT2D eigenvalue weighted by Gasteiger charge is 2.47. The largest absolute Gasteiger partial charge is 0.438 e. The normalized spacial score (nSPS) is 22.7. The number of para-hydroxylation sites is 1. The number of nitrogen functional groups attached to an aromatic ring is 1. The van der Waals surface area contributed by atoms with Gasteiger partial charge in [-0.3, -0.25) is 19.9 Å². The van der Waals surface area contributed by atoms with E-state index in [0.29, 0.717) is 44.5 Å². The molecule has 0 aromatic heterocycles. The number of ether oxygens (including phenoxy) is 2. The predicted molar refractivity (Wildman–Crippen MR) is 191 cm³/mol. The molecule has 284 valence electrons. The van der Waals surface area contributed by atoms with E-state index >= 15 is 0 Å². The summed E-state index contributed by atoms with van der Waals surface area (Å²) in [6.45, 7) is 11.8. The monoisotopic (exact) mass is 748 g/mol. The lowest BCUT2D eigenvalue weighted by Crippen LogP contribution is -2.69. The van der Waals surface area contributed by atoms with E-state index in [1.165, 1.54) is 11.0 Å². The molecule has 52 heavy (non-hydrogen) atoms. The zero-order valence-electron chi connectivity index (χ0n) is 30.3. The number of rotatable bonds is 5. The molecule has 2 aromatic carbocycles. The fourth-order valence-electron chi connectivity index (χ4n) is 8.39.